The van der Waals surface area contributed by atoms with E-state index in [1.165, 1.54) is 0 Å². The Kier molecular flexibility index (Phi) is 9.77. The van der Waals surface area contributed by atoms with Crippen molar-refractivity contribution in [1.29, 1.82) is 0 Å². The van der Waals surface area contributed by atoms with Gasteiger partial charge in [-0.15, -0.1) is 24.8 Å². The molecule has 1 atom stereocenters. The zero-order valence-corrected chi connectivity index (χ0v) is 14.0. The predicted octanol–water partition coefficient (Wildman–Crippen LogP) is 4.07. The van der Waals surface area contributed by atoms with Crippen LogP contribution in [-0.2, 0) is 0 Å². The van der Waals surface area contributed by atoms with Gasteiger partial charge in [0.15, 0.2) is 0 Å². The molecule has 20 heavy (non-hydrogen) atoms. The summed E-state index contributed by atoms with van der Waals surface area (Å²) in [6, 6.07) is 5.51. The number of piperazine rings is 1. The van der Waals surface area contributed by atoms with E-state index >= 15 is 0 Å². The summed E-state index contributed by atoms with van der Waals surface area (Å²) in [4.78, 5) is 2.43. The molecule has 1 heterocycles. The molecule has 6 heteroatoms. The normalized spacial score (nSPS) is 16.9. The summed E-state index contributed by atoms with van der Waals surface area (Å²) in [6.45, 7) is 6.23. The molecule has 0 aliphatic carbocycles. The zero-order chi connectivity index (χ0) is 13.0. The quantitative estimate of drug-likeness (QED) is 0.886. The van der Waals surface area contributed by atoms with Gasteiger partial charge in [-0.3, -0.25) is 4.90 Å². The number of rotatable bonds is 4. The van der Waals surface area contributed by atoms with Crippen molar-refractivity contribution in [2.45, 2.75) is 25.8 Å². The van der Waals surface area contributed by atoms with Gasteiger partial charge in [0.05, 0.1) is 5.02 Å². The van der Waals surface area contributed by atoms with Crippen molar-refractivity contribution in [3.8, 4) is 0 Å². The molecule has 1 N–H and O–H groups in total. The molecule has 2 nitrogen and oxygen atoms in total. The monoisotopic (exact) mass is 342 g/mol. The minimum absolute atomic E-state index is 0. The Morgan fingerprint density at radius 1 is 1.30 bits per heavy atom. The van der Waals surface area contributed by atoms with Gasteiger partial charge in [-0.05, 0) is 24.1 Å². The zero-order valence-electron chi connectivity index (χ0n) is 11.6. The van der Waals surface area contributed by atoms with Crippen LogP contribution in [-0.4, -0.2) is 31.1 Å². The smallest absolute Gasteiger partial charge is 0.142 e. The molecule has 1 aromatic rings. The Labute approximate surface area is 137 Å². The van der Waals surface area contributed by atoms with Crippen LogP contribution in [0.5, 0.6) is 0 Å². The lowest BCUT2D eigenvalue weighted by atomic mass is 10.00. The molecule has 2 rings (SSSR count). The number of halogens is 4. The van der Waals surface area contributed by atoms with Gasteiger partial charge in [-0.2, -0.15) is 0 Å². The van der Waals surface area contributed by atoms with Crippen LogP contribution >= 0.6 is 36.4 Å². The fourth-order valence-corrected chi connectivity index (χ4v) is 2.66. The van der Waals surface area contributed by atoms with Crippen molar-refractivity contribution >= 4 is 36.4 Å². The lowest BCUT2D eigenvalue weighted by Crippen LogP contribution is -2.45. The Balaban J connectivity index is 0.00000180. The number of hydrogen-bond acceptors (Lipinski definition) is 2. The standard InChI is InChI=1S/C14H20ClFN2.2ClH/c1-2-3-14(18-8-6-17-7-9-18)11-4-5-12(15)13(16)10-11;;/h4-5,10,14,17H,2-3,6-9H2,1H3;2*1H/t14-;;/m1../s1. The Morgan fingerprint density at radius 3 is 2.50 bits per heavy atom. The summed E-state index contributed by atoms with van der Waals surface area (Å²) in [6.07, 6.45) is 2.15. The predicted molar refractivity (Wildman–Crippen MR) is 88.0 cm³/mol. The second-order valence-corrected chi connectivity index (χ2v) is 5.17. The average Bonchev–Trinajstić information content (AvgIpc) is 2.40. The molecular formula is C14H22Cl3FN2. The summed E-state index contributed by atoms with van der Waals surface area (Å²) in [5, 5.41) is 3.55. The molecule has 0 radical (unpaired) electrons. The Morgan fingerprint density at radius 2 is 1.95 bits per heavy atom. The molecule has 116 valence electrons. The fraction of sp³-hybridized carbons (Fsp3) is 0.571. The van der Waals surface area contributed by atoms with E-state index < -0.39 is 0 Å². The van der Waals surface area contributed by atoms with E-state index in [2.05, 4.69) is 17.1 Å². The van der Waals surface area contributed by atoms with E-state index in [0.29, 0.717) is 6.04 Å². The topological polar surface area (TPSA) is 15.3 Å². The molecule has 1 aromatic carbocycles. The molecule has 1 saturated heterocycles. The first-order chi connectivity index (χ1) is 8.72. The molecule has 1 aliphatic heterocycles. The van der Waals surface area contributed by atoms with E-state index in [0.717, 1.165) is 44.6 Å². The van der Waals surface area contributed by atoms with E-state index in [4.69, 9.17) is 11.6 Å². The van der Waals surface area contributed by atoms with Gasteiger partial charge in [0.25, 0.3) is 0 Å². The maximum atomic E-state index is 13.6. The molecule has 0 spiro atoms. The van der Waals surface area contributed by atoms with Crippen molar-refractivity contribution in [2.24, 2.45) is 0 Å². The number of hydrogen-bond donors (Lipinski definition) is 1. The molecular weight excluding hydrogens is 322 g/mol. The van der Waals surface area contributed by atoms with Gasteiger partial charge >= 0.3 is 0 Å². The Bertz CT molecular complexity index is 398. The van der Waals surface area contributed by atoms with Crippen LogP contribution in [0.2, 0.25) is 5.02 Å². The number of nitrogens with one attached hydrogen (secondary N) is 1. The van der Waals surface area contributed by atoms with Gasteiger partial charge in [0.2, 0.25) is 0 Å². The van der Waals surface area contributed by atoms with Crippen LogP contribution in [0.25, 0.3) is 0 Å². The van der Waals surface area contributed by atoms with Crippen LogP contribution in [0, 0.1) is 5.82 Å². The fourth-order valence-electron chi connectivity index (χ4n) is 2.55. The van der Waals surface area contributed by atoms with E-state index in [9.17, 15) is 4.39 Å². The summed E-state index contributed by atoms with van der Waals surface area (Å²) in [7, 11) is 0. The van der Waals surface area contributed by atoms with Gasteiger partial charge in [-0.25, -0.2) is 4.39 Å². The maximum absolute atomic E-state index is 13.6. The van der Waals surface area contributed by atoms with Gasteiger partial charge < -0.3 is 5.32 Å². The van der Waals surface area contributed by atoms with Crippen molar-refractivity contribution in [3.63, 3.8) is 0 Å². The lowest BCUT2D eigenvalue weighted by molar-refractivity contribution is 0.164. The first-order valence-electron chi connectivity index (χ1n) is 6.62. The van der Waals surface area contributed by atoms with Crippen LogP contribution in [0.15, 0.2) is 18.2 Å². The minimum Gasteiger partial charge on any atom is -0.314 e. The van der Waals surface area contributed by atoms with E-state index in [1.54, 1.807) is 12.1 Å². The summed E-state index contributed by atoms with van der Waals surface area (Å²) >= 11 is 5.75. The van der Waals surface area contributed by atoms with Crippen LogP contribution in [0.1, 0.15) is 31.4 Å². The number of benzene rings is 1. The van der Waals surface area contributed by atoms with Crippen LogP contribution in [0.3, 0.4) is 0 Å². The highest BCUT2D eigenvalue weighted by Crippen LogP contribution is 2.28. The van der Waals surface area contributed by atoms with Crippen molar-refractivity contribution in [3.05, 3.63) is 34.6 Å². The Hall–Kier alpha value is -0.0600. The van der Waals surface area contributed by atoms with Gasteiger partial charge in [0, 0.05) is 32.2 Å². The molecule has 0 saturated carbocycles. The maximum Gasteiger partial charge on any atom is 0.142 e. The summed E-state index contributed by atoms with van der Waals surface area (Å²) < 4.78 is 13.6. The van der Waals surface area contributed by atoms with E-state index in [1.807, 2.05) is 6.07 Å². The van der Waals surface area contributed by atoms with Gasteiger partial charge in [-0.1, -0.05) is 31.0 Å². The highest BCUT2D eigenvalue weighted by molar-refractivity contribution is 6.30. The molecule has 0 bridgehead atoms. The first-order valence-corrected chi connectivity index (χ1v) is 7.00. The third kappa shape index (κ3) is 5.05. The molecule has 1 fully saturated rings. The largest absolute Gasteiger partial charge is 0.314 e. The second-order valence-electron chi connectivity index (χ2n) is 4.76. The number of nitrogens with zero attached hydrogens (tertiary/aromatic N) is 1. The minimum atomic E-state index is -0.314. The SMILES string of the molecule is CCC[C@H](c1ccc(Cl)c(F)c1)N1CCNCC1.Cl.Cl. The molecule has 0 amide bonds. The summed E-state index contributed by atoms with van der Waals surface area (Å²) in [5.74, 6) is -0.314. The molecule has 0 unspecified atom stereocenters. The van der Waals surface area contributed by atoms with Crippen LogP contribution in [0.4, 0.5) is 4.39 Å². The van der Waals surface area contributed by atoms with Gasteiger partial charge in [0.1, 0.15) is 5.82 Å². The van der Waals surface area contributed by atoms with Crippen molar-refractivity contribution in [1.82, 2.24) is 10.2 Å². The van der Waals surface area contributed by atoms with Crippen molar-refractivity contribution < 1.29 is 4.39 Å². The highest BCUT2D eigenvalue weighted by atomic mass is 35.5. The average molecular weight is 344 g/mol. The molecule has 1 aliphatic rings. The third-order valence-electron chi connectivity index (χ3n) is 3.48. The molecule has 0 aromatic heterocycles. The van der Waals surface area contributed by atoms with Crippen LogP contribution < -0.4 is 5.32 Å². The lowest BCUT2D eigenvalue weighted by Gasteiger charge is -2.35. The third-order valence-corrected chi connectivity index (χ3v) is 3.79. The van der Waals surface area contributed by atoms with E-state index in [-0.39, 0.29) is 35.7 Å². The second kappa shape index (κ2) is 9.80. The summed E-state index contributed by atoms with van der Waals surface area (Å²) in [5.41, 5.74) is 1.04. The van der Waals surface area contributed by atoms with Crippen molar-refractivity contribution in [2.75, 3.05) is 26.2 Å². The highest BCUT2D eigenvalue weighted by Gasteiger charge is 2.21. The first kappa shape index (κ1) is 19.9.